The zero-order valence-corrected chi connectivity index (χ0v) is 15.5. The van der Waals surface area contributed by atoms with Crippen LogP contribution >= 0.6 is 0 Å². The fourth-order valence-electron chi connectivity index (χ4n) is 2.44. The lowest BCUT2D eigenvalue weighted by molar-refractivity contribution is 0.00930. The lowest BCUT2D eigenvalue weighted by Gasteiger charge is -2.09. The van der Waals surface area contributed by atoms with E-state index in [0.717, 1.165) is 25.2 Å². The van der Waals surface area contributed by atoms with E-state index < -0.39 is 18.7 Å². The number of nitrogens with one attached hydrogen (secondary N) is 1. The highest BCUT2D eigenvalue weighted by atomic mass is 16.5. The van der Waals surface area contributed by atoms with E-state index >= 15 is 0 Å². The van der Waals surface area contributed by atoms with Crippen LogP contribution in [0.2, 0.25) is 0 Å². The molecule has 1 heterocycles. The maximum Gasteiger partial charge on any atom is 0.339 e. The number of carbonyl (C=O) groups is 1. The summed E-state index contributed by atoms with van der Waals surface area (Å²) in [5.74, 6) is 0.158. The molecule has 1 aromatic rings. The van der Waals surface area contributed by atoms with Gasteiger partial charge in [-0.2, -0.15) is 0 Å². The molecule has 26 heavy (non-hydrogen) atoms. The molecule has 146 valence electrons. The average molecular weight is 364 g/mol. The first-order valence-electron chi connectivity index (χ1n) is 9.44. The second kappa shape index (κ2) is 14.3. The van der Waals surface area contributed by atoms with Crippen LogP contribution in [0.5, 0.6) is 0 Å². The number of rotatable bonds is 15. The van der Waals surface area contributed by atoms with Crippen LogP contribution in [0.1, 0.15) is 61.7 Å². The number of aliphatic hydroxyl groups is 2. The van der Waals surface area contributed by atoms with Gasteiger partial charge in [0, 0.05) is 12.7 Å². The van der Waals surface area contributed by atoms with Crippen molar-refractivity contribution >= 4 is 11.8 Å². The van der Waals surface area contributed by atoms with Gasteiger partial charge in [-0.3, -0.25) is 0 Å². The Bertz CT molecular complexity index is 505. The average Bonchev–Trinajstić information content (AvgIpc) is 2.67. The first kappa shape index (κ1) is 22.1. The minimum atomic E-state index is -1.06. The van der Waals surface area contributed by atoms with Crippen LogP contribution in [0.15, 0.2) is 31.0 Å². The summed E-state index contributed by atoms with van der Waals surface area (Å²) in [6.07, 6.45) is 12.2. The SMILES string of the molecule is C=CCCCCCCCCCNc1ccc(C(=O)OCC(O)CO)cn1. The standard InChI is InChI=1S/C20H32N2O4/c1-2-3-4-5-6-7-8-9-10-13-21-19-12-11-17(14-22-19)20(25)26-16-18(24)15-23/h2,11-12,14,18,23-24H,1,3-10,13,15-16H2,(H,21,22). The molecule has 0 aliphatic rings. The van der Waals surface area contributed by atoms with Crippen molar-refractivity contribution in [1.29, 1.82) is 0 Å². The van der Waals surface area contributed by atoms with E-state index in [4.69, 9.17) is 14.9 Å². The van der Waals surface area contributed by atoms with Gasteiger partial charge in [0.25, 0.3) is 0 Å². The van der Waals surface area contributed by atoms with Crippen molar-refractivity contribution in [1.82, 2.24) is 4.98 Å². The molecular formula is C20H32N2O4. The maximum atomic E-state index is 11.7. The van der Waals surface area contributed by atoms with Crippen LogP contribution in [-0.2, 0) is 4.74 Å². The van der Waals surface area contributed by atoms with Gasteiger partial charge in [-0.25, -0.2) is 9.78 Å². The molecule has 0 bridgehead atoms. The summed E-state index contributed by atoms with van der Waals surface area (Å²) in [5, 5.41) is 21.1. The summed E-state index contributed by atoms with van der Waals surface area (Å²) in [5.41, 5.74) is 0.317. The Morgan fingerprint density at radius 1 is 1.19 bits per heavy atom. The number of hydrogen-bond acceptors (Lipinski definition) is 6. The van der Waals surface area contributed by atoms with Crippen molar-refractivity contribution in [3.63, 3.8) is 0 Å². The Morgan fingerprint density at radius 2 is 1.88 bits per heavy atom. The highest BCUT2D eigenvalue weighted by Gasteiger charge is 2.10. The number of nitrogens with zero attached hydrogens (tertiary/aromatic N) is 1. The Labute approximate surface area is 156 Å². The predicted molar refractivity (Wildman–Crippen MR) is 103 cm³/mol. The largest absolute Gasteiger partial charge is 0.459 e. The van der Waals surface area contributed by atoms with Crippen LogP contribution in [0, 0.1) is 0 Å². The molecular weight excluding hydrogens is 332 g/mol. The maximum absolute atomic E-state index is 11.7. The number of aliphatic hydroxyl groups excluding tert-OH is 2. The minimum absolute atomic E-state index is 0.233. The molecule has 0 saturated carbocycles. The van der Waals surface area contributed by atoms with E-state index in [1.54, 1.807) is 12.1 Å². The Hall–Kier alpha value is -1.92. The van der Waals surface area contributed by atoms with Crippen LogP contribution in [0.25, 0.3) is 0 Å². The molecule has 0 aliphatic carbocycles. The van der Waals surface area contributed by atoms with Crippen molar-refractivity contribution in [3.8, 4) is 0 Å². The fourth-order valence-corrected chi connectivity index (χ4v) is 2.44. The predicted octanol–water partition coefficient (Wildman–Crippen LogP) is 3.31. The molecule has 0 aliphatic heterocycles. The number of pyridine rings is 1. The van der Waals surface area contributed by atoms with E-state index in [1.807, 2.05) is 6.08 Å². The number of carbonyl (C=O) groups excluding carboxylic acids is 1. The molecule has 0 spiro atoms. The number of anilines is 1. The molecule has 1 unspecified atom stereocenters. The minimum Gasteiger partial charge on any atom is -0.459 e. The van der Waals surface area contributed by atoms with E-state index in [1.165, 1.54) is 44.7 Å². The molecule has 0 fully saturated rings. The van der Waals surface area contributed by atoms with Crippen LogP contribution < -0.4 is 5.32 Å². The normalized spacial score (nSPS) is 11.8. The van der Waals surface area contributed by atoms with Gasteiger partial charge in [-0.05, 0) is 31.4 Å². The number of esters is 1. The lowest BCUT2D eigenvalue weighted by atomic mass is 10.1. The number of ether oxygens (including phenoxy) is 1. The van der Waals surface area contributed by atoms with Gasteiger partial charge >= 0.3 is 5.97 Å². The van der Waals surface area contributed by atoms with Gasteiger partial charge in [0.05, 0.1) is 12.2 Å². The first-order chi connectivity index (χ1) is 12.7. The third-order valence-electron chi connectivity index (χ3n) is 4.01. The molecule has 0 saturated heterocycles. The van der Waals surface area contributed by atoms with Gasteiger partial charge in [-0.15, -0.1) is 6.58 Å². The highest BCUT2D eigenvalue weighted by Crippen LogP contribution is 2.10. The van der Waals surface area contributed by atoms with Crippen molar-refractivity contribution in [2.75, 3.05) is 25.1 Å². The third kappa shape index (κ3) is 10.2. The highest BCUT2D eigenvalue weighted by molar-refractivity contribution is 5.89. The first-order valence-corrected chi connectivity index (χ1v) is 9.44. The molecule has 0 radical (unpaired) electrons. The molecule has 6 nitrogen and oxygen atoms in total. The van der Waals surface area contributed by atoms with Gasteiger partial charge in [0.2, 0.25) is 0 Å². The summed E-state index contributed by atoms with van der Waals surface area (Å²) < 4.78 is 4.87. The summed E-state index contributed by atoms with van der Waals surface area (Å²) in [7, 11) is 0. The van der Waals surface area contributed by atoms with Crippen molar-refractivity contribution in [2.24, 2.45) is 0 Å². The lowest BCUT2D eigenvalue weighted by Crippen LogP contribution is -2.22. The zero-order valence-electron chi connectivity index (χ0n) is 15.5. The molecule has 1 aromatic heterocycles. The zero-order chi connectivity index (χ0) is 19.0. The van der Waals surface area contributed by atoms with Crippen molar-refractivity contribution < 1.29 is 19.7 Å². The summed E-state index contributed by atoms with van der Waals surface area (Å²) in [4.78, 5) is 15.9. The van der Waals surface area contributed by atoms with E-state index in [-0.39, 0.29) is 6.61 Å². The van der Waals surface area contributed by atoms with Gasteiger partial charge in [0.1, 0.15) is 18.5 Å². The van der Waals surface area contributed by atoms with Gasteiger partial charge in [0.15, 0.2) is 0 Å². The summed E-state index contributed by atoms with van der Waals surface area (Å²) in [6, 6.07) is 3.37. The monoisotopic (exact) mass is 364 g/mol. The second-order valence-corrected chi connectivity index (χ2v) is 6.35. The van der Waals surface area contributed by atoms with E-state index in [9.17, 15) is 4.79 Å². The van der Waals surface area contributed by atoms with Gasteiger partial charge in [-0.1, -0.05) is 38.2 Å². The second-order valence-electron chi connectivity index (χ2n) is 6.35. The third-order valence-corrected chi connectivity index (χ3v) is 4.01. The smallest absolute Gasteiger partial charge is 0.339 e. The number of hydrogen-bond donors (Lipinski definition) is 3. The van der Waals surface area contributed by atoms with Crippen molar-refractivity contribution in [2.45, 2.75) is 57.5 Å². The molecule has 0 aromatic carbocycles. The number of aromatic nitrogens is 1. The van der Waals surface area contributed by atoms with E-state index in [2.05, 4.69) is 16.9 Å². The fraction of sp³-hybridized carbons (Fsp3) is 0.600. The van der Waals surface area contributed by atoms with Crippen molar-refractivity contribution in [3.05, 3.63) is 36.5 Å². The molecule has 1 atom stereocenters. The molecule has 0 amide bonds. The molecule has 3 N–H and O–H groups in total. The topological polar surface area (TPSA) is 91.7 Å². The van der Waals surface area contributed by atoms with E-state index in [0.29, 0.717) is 5.56 Å². The molecule has 6 heteroatoms. The van der Waals surface area contributed by atoms with Crippen LogP contribution in [-0.4, -0.2) is 47.0 Å². The Kier molecular flexibility index (Phi) is 12.1. The van der Waals surface area contributed by atoms with Crippen LogP contribution in [0.3, 0.4) is 0 Å². The Balaban J connectivity index is 2.11. The Morgan fingerprint density at radius 3 is 2.50 bits per heavy atom. The summed E-state index contributed by atoms with van der Waals surface area (Å²) in [6.45, 7) is 3.92. The van der Waals surface area contributed by atoms with Crippen LogP contribution in [0.4, 0.5) is 5.82 Å². The summed E-state index contributed by atoms with van der Waals surface area (Å²) >= 11 is 0. The number of allylic oxidation sites excluding steroid dienone is 1. The van der Waals surface area contributed by atoms with Gasteiger partial charge < -0.3 is 20.3 Å². The quantitative estimate of drug-likeness (QED) is 0.251. The molecule has 1 rings (SSSR count). The number of unbranched alkanes of at least 4 members (excludes halogenated alkanes) is 7.